The van der Waals surface area contributed by atoms with Crippen LogP contribution in [0.1, 0.15) is 12.8 Å². The fourth-order valence-corrected chi connectivity index (χ4v) is 4.35. The van der Waals surface area contributed by atoms with Crippen molar-refractivity contribution in [1.82, 2.24) is 4.98 Å². The fraction of sp³-hybridized carbons (Fsp3) is 0.172. The molecule has 1 aliphatic rings. The number of carbonyl (C=O) groups is 3. The lowest BCUT2D eigenvalue weighted by atomic mass is 10.0. The number of carbonyl (C=O) groups excluding carboxylic acids is 2. The number of methoxy groups -OCH3 is 1. The van der Waals surface area contributed by atoms with Gasteiger partial charge in [-0.1, -0.05) is 11.6 Å². The second-order valence-electron chi connectivity index (χ2n) is 9.26. The molecule has 4 aromatic rings. The van der Waals surface area contributed by atoms with Gasteiger partial charge >= 0.3 is 29.0 Å². The molecule has 1 aliphatic carbocycles. The molecular formula is C29H25ClFMgN3O7. The van der Waals surface area contributed by atoms with E-state index in [-0.39, 0.29) is 39.6 Å². The SMILES string of the molecule is COc1cc2c(Oc3ccc(NC(=O)C4(C(=O)Nc5ccc(F)cc5)CC4)cc3Cl)ccnc2cc1OCC(=O)O.[MgH2]. The van der Waals surface area contributed by atoms with Gasteiger partial charge in [0, 0.05) is 29.0 Å². The minimum absolute atomic E-state index is 0. The number of pyridine rings is 1. The van der Waals surface area contributed by atoms with Crippen molar-refractivity contribution >= 4 is 74.7 Å². The Morgan fingerprint density at radius 2 is 1.60 bits per heavy atom. The normalized spacial score (nSPS) is 12.9. The number of nitrogens with zero attached hydrogens (tertiary/aromatic N) is 1. The summed E-state index contributed by atoms with van der Waals surface area (Å²) in [4.78, 5) is 41.0. The molecule has 0 spiro atoms. The summed E-state index contributed by atoms with van der Waals surface area (Å²) >= 11 is 6.48. The molecule has 13 heteroatoms. The third-order valence-electron chi connectivity index (χ3n) is 6.47. The maximum absolute atomic E-state index is 13.2. The number of anilines is 2. The molecule has 0 atom stereocenters. The van der Waals surface area contributed by atoms with Crippen molar-refractivity contribution in [2.45, 2.75) is 12.8 Å². The van der Waals surface area contributed by atoms with Crippen LogP contribution in [0.3, 0.4) is 0 Å². The van der Waals surface area contributed by atoms with E-state index in [0.717, 1.165) is 0 Å². The predicted octanol–water partition coefficient (Wildman–Crippen LogP) is 4.73. The smallest absolute Gasteiger partial charge is 0.341 e. The molecule has 0 aliphatic heterocycles. The first-order chi connectivity index (χ1) is 19.7. The van der Waals surface area contributed by atoms with Crippen LogP contribution in [0.25, 0.3) is 10.9 Å². The van der Waals surface area contributed by atoms with Crippen LogP contribution in [0.2, 0.25) is 5.02 Å². The van der Waals surface area contributed by atoms with Crippen LogP contribution in [-0.2, 0) is 14.4 Å². The van der Waals surface area contributed by atoms with Crippen LogP contribution in [0.5, 0.6) is 23.0 Å². The molecule has 0 saturated heterocycles. The number of hydrogen-bond donors (Lipinski definition) is 3. The zero-order valence-electron chi connectivity index (χ0n) is 21.6. The van der Waals surface area contributed by atoms with E-state index in [4.69, 9.17) is 30.9 Å². The van der Waals surface area contributed by atoms with Crippen LogP contribution < -0.4 is 24.8 Å². The summed E-state index contributed by atoms with van der Waals surface area (Å²) in [6.45, 7) is -0.545. The topological polar surface area (TPSA) is 136 Å². The van der Waals surface area contributed by atoms with E-state index in [9.17, 15) is 18.8 Å². The average Bonchev–Trinajstić information content (AvgIpc) is 3.77. The Morgan fingerprint density at radius 1 is 0.929 bits per heavy atom. The van der Waals surface area contributed by atoms with E-state index in [1.807, 2.05) is 0 Å². The summed E-state index contributed by atoms with van der Waals surface area (Å²) in [6, 6.07) is 14.8. The van der Waals surface area contributed by atoms with Crippen LogP contribution in [0.15, 0.2) is 66.9 Å². The summed E-state index contributed by atoms with van der Waals surface area (Å²) in [6.07, 6.45) is 2.27. The Bertz CT molecular complexity index is 1670. The third-order valence-corrected chi connectivity index (χ3v) is 6.76. The molecule has 1 saturated carbocycles. The van der Waals surface area contributed by atoms with E-state index in [1.54, 1.807) is 30.3 Å². The van der Waals surface area contributed by atoms with E-state index in [1.165, 1.54) is 43.6 Å². The number of rotatable bonds is 10. The van der Waals surface area contributed by atoms with Gasteiger partial charge in [0.2, 0.25) is 11.8 Å². The van der Waals surface area contributed by atoms with Gasteiger partial charge in [-0.2, -0.15) is 0 Å². The van der Waals surface area contributed by atoms with E-state index in [2.05, 4.69) is 15.6 Å². The van der Waals surface area contributed by atoms with Crippen molar-refractivity contribution in [2.24, 2.45) is 5.41 Å². The largest absolute Gasteiger partial charge is 0.493 e. The van der Waals surface area contributed by atoms with Gasteiger partial charge in [-0.05, 0) is 67.4 Å². The lowest BCUT2D eigenvalue weighted by Crippen LogP contribution is -2.35. The zero-order chi connectivity index (χ0) is 29.1. The van der Waals surface area contributed by atoms with Crippen molar-refractivity contribution in [3.63, 3.8) is 0 Å². The fourth-order valence-electron chi connectivity index (χ4n) is 4.13. The molecule has 0 unspecified atom stereocenters. The quantitative estimate of drug-likeness (QED) is 0.174. The first-order valence-electron chi connectivity index (χ1n) is 12.4. The minimum Gasteiger partial charge on any atom is -0.493 e. The Kier molecular flexibility index (Phi) is 9.39. The molecule has 1 heterocycles. The Hall–Kier alpha value is -4.13. The first kappa shape index (κ1) is 30.8. The highest BCUT2D eigenvalue weighted by atomic mass is 35.5. The highest BCUT2D eigenvalue weighted by Crippen LogP contribution is 2.48. The number of fused-ring (bicyclic) bond motifs is 1. The van der Waals surface area contributed by atoms with Crippen molar-refractivity contribution < 1.29 is 38.1 Å². The van der Waals surface area contributed by atoms with E-state index in [0.29, 0.717) is 46.6 Å². The van der Waals surface area contributed by atoms with Crippen LogP contribution in [-0.4, -0.2) is 64.6 Å². The summed E-state index contributed by atoms with van der Waals surface area (Å²) < 4.78 is 29.8. The van der Waals surface area contributed by atoms with Crippen molar-refractivity contribution in [3.8, 4) is 23.0 Å². The molecule has 1 aromatic heterocycles. The Balaban J connectivity index is 0.00000405. The molecule has 2 amide bonds. The van der Waals surface area contributed by atoms with Crippen LogP contribution in [0, 0.1) is 11.2 Å². The molecule has 0 bridgehead atoms. The maximum Gasteiger partial charge on any atom is 0.341 e. The van der Waals surface area contributed by atoms with Gasteiger partial charge in [0.15, 0.2) is 18.1 Å². The number of hydrogen-bond acceptors (Lipinski definition) is 7. The van der Waals surface area contributed by atoms with Gasteiger partial charge in [0.25, 0.3) is 0 Å². The number of aliphatic carboxylic acids is 1. The highest BCUT2D eigenvalue weighted by molar-refractivity contribution is 6.32. The molecular weight excluding hydrogens is 581 g/mol. The second-order valence-corrected chi connectivity index (χ2v) is 9.66. The highest BCUT2D eigenvalue weighted by Gasteiger charge is 2.56. The van der Waals surface area contributed by atoms with Gasteiger partial charge in [-0.3, -0.25) is 14.6 Å². The number of halogens is 2. The summed E-state index contributed by atoms with van der Waals surface area (Å²) in [5, 5.41) is 15.1. The van der Waals surface area contributed by atoms with Crippen molar-refractivity contribution in [3.05, 3.63) is 77.7 Å². The molecule has 3 aromatic carbocycles. The number of carboxylic acid groups (broad SMARTS) is 1. The standard InChI is InChI=1S/C29H23ClFN3O7.Mg.2H/c1-39-24-13-19-21(14-25(24)40-15-26(35)36)32-11-8-22(19)41-23-7-6-18(12-20(23)30)34-28(38)29(9-10-29)27(37)33-17-4-2-16(31)3-5-17;;;/h2-8,11-14H,9-10,15H2,1H3,(H,33,37)(H,34,38)(H,35,36);;;. The predicted molar refractivity (Wildman–Crippen MR) is 157 cm³/mol. The zero-order valence-corrected chi connectivity index (χ0v) is 22.3. The monoisotopic (exact) mass is 605 g/mol. The number of carboxylic acids is 1. The van der Waals surface area contributed by atoms with Gasteiger partial charge in [-0.25, -0.2) is 9.18 Å². The number of ether oxygens (including phenoxy) is 3. The lowest BCUT2D eigenvalue weighted by Gasteiger charge is -2.16. The van der Waals surface area contributed by atoms with Crippen molar-refractivity contribution in [2.75, 3.05) is 24.4 Å². The minimum atomic E-state index is -1.22. The summed E-state index contributed by atoms with van der Waals surface area (Å²) in [5.41, 5.74) is 0.00949. The van der Waals surface area contributed by atoms with E-state index < -0.39 is 35.6 Å². The van der Waals surface area contributed by atoms with Crippen LogP contribution >= 0.6 is 11.6 Å². The first-order valence-corrected chi connectivity index (χ1v) is 12.7. The van der Waals surface area contributed by atoms with Crippen LogP contribution in [0.4, 0.5) is 15.8 Å². The average molecular weight is 606 g/mol. The summed E-state index contributed by atoms with van der Waals surface area (Å²) in [7, 11) is 1.42. The molecule has 0 radical (unpaired) electrons. The number of benzene rings is 3. The Labute approximate surface area is 260 Å². The van der Waals surface area contributed by atoms with Gasteiger partial charge < -0.3 is 30.0 Å². The molecule has 10 nitrogen and oxygen atoms in total. The second kappa shape index (κ2) is 12.8. The van der Waals surface area contributed by atoms with Gasteiger partial charge in [0.1, 0.15) is 22.7 Å². The lowest BCUT2D eigenvalue weighted by molar-refractivity contribution is -0.139. The number of amides is 2. The van der Waals surface area contributed by atoms with E-state index >= 15 is 0 Å². The molecule has 3 N–H and O–H groups in total. The molecule has 42 heavy (non-hydrogen) atoms. The summed E-state index contributed by atoms with van der Waals surface area (Å²) in [5.74, 6) is -1.32. The molecule has 1 fully saturated rings. The third kappa shape index (κ3) is 6.67. The molecule has 214 valence electrons. The van der Waals surface area contributed by atoms with Gasteiger partial charge in [-0.15, -0.1) is 0 Å². The number of nitrogens with one attached hydrogen (secondary N) is 2. The van der Waals surface area contributed by atoms with Gasteiger partial charge in [0.05, 0.1) is 17.6 Å². The number of aromatic nitrogens is 1. The van der Waals surface area contributed by atoms with Crippen molar-refractivity contribution in [1.29, 1.82) is 0 Å². The maximum atomic E-state index is 13.2. The Morgan fingerprint density at radius 3 is 2.21 bits per heavy atom. The molecule has 5 rings (SSSR count).